The molecule has 19 heavy (non-hydrogen) atoms. The molecule has 1 N–H and O–H groups in total. The number of methoxy groups -OCH3 is 1. The number of rotatable bonds is 4. The Labute approximate surface area is 114 Å². The fourth-order valence-electron chi connectivity index (χ4n) is 2.44. The summed E-state index contributed by atoms with van der Waals surface area (Å²) >= 11 is 0. The second-order valence-electron chi connectivity index (χ2n) is 5.23. The van der Waals surface area contributed by atoms with Gasteiger partial charge in [-0.2, -0.15) is 0 Å². The Bertz CT molecular complexity index is 426. The quantitative estimate of drug-likeness (QED) is 0.905. The van der Waals surface area contributed by atoms with Crippen LogP contribution in [0, 0.1) is 5.92 Å². The van der Waals surface area contributed by atoms with E-state index < -0.39 is 0 Å². The predicted molar refractivity (Wildman–Crippen MR) is 76.5 cm³/mol. The van der Waals surface area contributed by atoms with Gasteiger partial charge in [-0.1, -0.05) is 6.07 Å². The molecule has 0 aromatic heterocycles. The van der Waals surface area contributed by atoms with Crippen molar-refractivity contribution in [2.45, 2.75) is 19.3 Å². The van der Waals surface area contributed by atoms with Gasteiger partial charge in [0.25, 0.3) is 0 Å². The second kappa shape index (κ2) is 6.57. The van der Waals surface area contributed by atoms with Crippen molar-refractivity contribution in [1.82, 2.24) is 4.90 Å². The summed E-state index contributed by atoms with van der Waals surface area (Å²) in [6.07, 6.45) is 2.84. The lowest BCUT2D eigenvalue weighted by atomic mass is 9.93. The molecule has 0 unspecified atom stereocenters. The third kappa shape index (κ3) is 4.24. The highest BCUT2D eigenvalue weighted by atomic mass is 16.5. The van der Waals surface area contributed by atoms with Crippen LogP contribution in [-0.4, -0.2) is 38.1 Å². The first-order chi connectivity index (χ1) is 9.17. The minimum Gasteiger partial charge on any atom is -0.497 e. The highest BCUT2D eigenvalue weighted by Gasteiger charge is 2.19. The van der Waals surface area contributed by atoms with Gasteiger partial charge in [0.2, 0.25) is 5.91 Å². The fraction of sp³-hybridized carbons (Fsp3) is 0.533. The van der Waals surface area contributed by atoms with Gasteiger partial charge in [0.1, 0.15) is 5.75 Å². The van der Waals surface area contributed by atoms with Crippen LogP contribution in [0.3, 0.4) is 0 Å². The zero-order valence-corrected chi connectivity index (χ0v) is 11.7. The molecular formula is C15H22N2O2. The van der Waals surface area contributed by atoms with E-state index in [0.29, 0.717) is 12.3 Å². The maximum absolute atomic E-state index is 12.0. The molecule has 1 fully saturated rings. The first-order valence-corrected chi connectivity index (χ1v) is 6.80. The molecule has 4 nitrogen and oxygen atoms in total. The summed E-state index contributed by atoms with van der Waals surface area (Å²) in [7, 11) is 3.76. The Kier molecular flexibility index (Phi) is 4.80. The van der Waals surface area contributed by atoms with Gasteiger partial charge in [-0.15, -0.1) is 0 Å². The van der Waals surface area contributed by atoms with Gasteiger partial charge in [0.15, 0.2) is 0 Å². The molecule has 0 bridgehead atoms. The lowest BCUT2D eigenvalue weighted by Gasteiger charge is -2.28. The van der Waals surface area contributed by atoms with Crippen LogP contribution in [0.2, 0.25) is 0 Å². The molecule has 104 valence electrons. The highest BCUT2D eigenvalue weighted by molar-refractivity contribution is 5.91. The molecule has 2 rings (SSSR count). The number of amides is 1. The van der Waals surface area contributed by atoms with Crippen molar-refractivity contribution in [3.05, 3.63) is 24.3 Å². The van der Waals surface area contributed by atoms with E-state index in [0.717, 1.165) is 37.4 Å². The summed E-state index contributed by atoms with van der Waals surface area (Å²) in [4.78, 5) is 14.3. The highest BCUT2D eigenvalue weighted by Crippen LogP contribution is 2.21. The number of hydrogen-bond acceptors (Lipinski definition) is 3. The van der Waals surface area contributed by atoms with Crippen LogP contribution in [0.5, 0.6) is 5.75 Å². The number of nitrogens with zero attached hydrogens (tertiary/aromatic N) is 1. The molecule has 0 saturated carbocycles. The number of carbonyl (C=O) groups excluding carboxylic acids is 1. The molecule has 0 aliphatic carbocycles. The molecule has 1 aliphatic rings. The van der Waals surface area contributed by atoms with Crippen molar-refractivity contribution in [3.63, 3.8) is 0 Å². The smallest absolute Gasteiger partial charge is 0.224 e. The van der Waals surface area contributed by atoms with Gasteiger partial charge in [-0.25, -0.2) is 0 Å². The summed E-state index contributed by atoms with van der Waals surface area (Å²) in [5.74, 6) is 1.38. The number of anilines is 1. The van der Waals surface area contributed by atoms with E-state index in [1.54, 1.807) is 7.11 Å². The molecule has 1 heterocycles. The predicted octanol–water partition coefficient (Wildman–Crippen LogP) is 2.37. The summed E-state index contributed by atoms with van der Waals surface area (Å²) in [6, 6.07) is 7.47. The molecule has 1 aromatic rings. The maximum Gasteiger partial charge on any atom is 0.224 e. The third-order valence-corrected chi connectivity index (χ3v) is 3.67. The molecule has 0 radical (unpaired) electrons. The Hall–Kier alpha value is -1.55. The lowest BCUT2D eigenvalue weighted by molar-refractivity contribution is -0.117. The van der Waals surface area contributed by atoms with Crippen molar-refractivity contribution in [1.29, 1.82) is 0 Å². The minimum absolute atomic E-state index is 0.0998. The number of piperidine rings is 1. The van der Waals surface area contributed by atoms with Gasteiger partial charge in [0, 0.05) is 18.2 Å². The first kappa shape index (κ1) is 13.9. The van der Waals surface area contributed by atoms with Gasteiger partial charge in [-0.3, -0.25) is 4.79 Å². The largest absolute Gasteiger partial charge is 0.497 e. The zero-order valence-electron chi connectivity index (χ0n) is 11.7. The van der Waals surface area contributed by atoms with Gasteiger partial charge in [0.05, 0.1) is 7.11 Å². The van der Waals surface area contributed by atoms with E-state index >= 15 is 0 Å². The van der Waals surface area contributed by atoms with E-state index in [1.807, 2.05) is 24.3 Å². The molecule has 1 amide bonds. The van der Waals surface area contributed by atoms with Crippen LogP contribution in [-0.2, 0) is 4.79 Å². The fourth-order valence-corrected chi connectivity index (χ4v) is 2.44. The normalized spacial score (nSPS) is 17.2. The number of ether oxygens (including phenoxy) is 1. The van der Waals surface area contributed by atoms with Crippen LogP contribution in [0.25, 0.3) is 0 Å². The van der Waals surface area contributed by atoms with Crippen molar-refractivity contribution >= 4 is 11.6 Å². The van der Waals surface area contributed by atoms with Crippen LogP contribution < -0.4 is 10.1 Å². The van der Waals surface area contributed by atoms with Gasteiger partial charge >= 0.3 is 0 Å². The van der Waals surface area contributed by atoms with Gasteiger partial charge in [-0.05, 0) is 51.0 Å². The lowest BCUT2D eigenvalue weighted by Crippen LogP contribution is -2.31. The summed E-state index contributed by atoms with van der Waals surface area (Å²) in [5, 5.41) is 2.94. The molecule has 1 saturated heterocycles. The number of carbonyl (C=O) groups is 1. The van der Waals surface area contributed by atoms with Crippen molar-refractivity contribution in [2.24, 2.45) is 5.92 Å². The van der Waals surface area contributed by atoms with Crippen molar-refractivity contribution < 1.29 is 9.53 Å². The maximum atomic E-state index is 12.0. The van der Waals surface area contributed by atoms with Crippen molar-refractivity contribution in [2.75, 3.05) is 32.6 Å². The second-order valence-corrected chi connectivity index (χ2v) is 5.23. The average molecular weight is 262 g/mol. The SMILES string of the molecule is COc1cccc(NC(=O)CC2CCN(C)CC2)c1. The Morgan fingerprint density at radius 3 is 2.84 bits per heavy atom. The van der Waals surface area contributed by atoms with E-state index in [1.165, 1.54) is 0 Å². The standard InChI is InChI=1S/C15H22N2O2/c1-17-8-6-12(7-9-17)10-15(18)16-13-4-3-5-14(11-13)19-2/h3-5,11-12H,6-10H2,1-2H3,(H,16,18). The molecule has 0 atom stereocenters. The monoisotopic (exact) mass is 262 g/mol. The van der Waals surface area contributed by atoms with Crippen LogP contribution in [0.15, 0.2) is 24.3 Å². The number of benzene rings is 1. The van der Waals surface area contributed by atoms with Crippen LogP contribution >= 0.6 is 0 Å². The minimum atomic E-state index is 0.0998. The number of hydrogen-bond donors (Lipinski definition) is 1. The molecule has 1 aromatic carbocycles. The van der Waals surface area contributed by atoms with Crippen LogP contribution in [0.4, 0.5) is 5.69 Å². The Morgan fingerprint density at radius 2 is 2.16 bits per heavy atom. The molecule has 1 aliphatic heterocycles. The molecule has 4 heteroatoms. The van der Waals surface area contributed by atoms with E-state index in [2.05, 4.69) is 17.3 Å². The van der Waals surface area contributed by atoms with Gasteiger partial charge < -0.3 is 15.0 Å². The average Bonchev–Trinajstić information content (AvgIpc) is 2.41. The Morgan fingerprint density at radius 1 is 1.42 bits per heavy atom. The third-order valence-electron chi connectivity index (χ3n) is 3.67. The number of likely N-dealkylation sites (tertiary alicyclic amines) is 1. The van der Waals surface area contributed by atoms with E-state index in [4.69, 9.17) is 4.74 Å². The van der Waals surface area contributed by atoms with Crippen molar-refractivity contribution in [3.8, 4) is 5.75 Å². The Balaban J connectivity index is 1.83. The summed E-state index contributed by atoms with van der Waals surface area (Å²) in [6.45, 7) is 2.19. The number of nitrogens with one attached hydrogen (secondary N) is 1. The molecular weight excluding hydrogens is 240 g/mol. The van der Waals surface area contributed by atoms with E-state index in [-0.39, 0.29) is 5.91 Å². The summed E-state index contributed by atoms with van der Waals surface area (Å²) in [5.41, 5.74) is 0.803. The van der Waals surface area contributed by atoms with Crippen LogP contribution in [0.1, 0.15) is 19.3 Å². The topological polar surface area (TPSA) is 41.6 Å². The molecule has 0 spiro atoms. The summed E-state index contributed by atoms with van der Waals surface area (Å²) < 4.78 is 5.14. The first-order valence-electron chi connectivity index (χ1n) is 6.80. The van der Waals surface area contributed by atoms with E-state index in [9.17, 15) is 4.79 Å². The zero-order chi connectivity index (χ0) is 13.7.